The molecule has 2 N–H and O–H groups in total. The van der Waals surface area contributed by atoms with Crippen molar-refractivity contribution in [3.63, 3.8) is 0 Å². The van der Waals surface area contributed by atoms with Crippen LogP contribution in [0.3, 0.4) is 0 Å². The Kier molecular flexibility index (Phi) is 3.33. The number of sulfone groups is 1. The van der Waals surface area contributed by atoms with Gasteiger partial charge in [0.2, 0.25) is 5.95 Å². The highest BCUT2D eigenvalue weighted by Gasteiger charge is 2.28. The van der Waals surface area contributed by atoms with Gasteiger partial charge in [-0.25, -0.2) is 18.4 Å². The van der Waals surface area contributed by atoms with E-state index in [9.17, 15) is 13.2 Å². The number of rotatable bonds is 4. The molecule has 2 fully saturated rings. The molecule has 2 aliphatic rings. The second-order valence-corrected chi connectivity index (χ2v) is 7.49. The number of carbonyl (C=O) groups excluding carboxylic acids is 1. The third kappa shape index (κ3) is 3.24. The van der Waals surface area contributed by atoms with E-state index >= 15 is 0 Å². The Balaban J connectivity index is 1.66. The quantitative estimate of drug-likeness (QED) is 0.809. The molecule has 20 heavy (non-hydrogen) atoms. The number of nitrogens with one attached hydrogen (secondary N) is 2. The summed E-state index contributed by atoms with van der Waals surface area (Å²) in [5.74, 6) is 0.369. The minimum absolute atomic E-state index is 0.0921. The normalized spacial score (nSPS) is 24.3. The van der Waals surface area contributed by atoms with Crippen LogP contribution < -0.4 is 10.6 Å². The SMILES string of the molecule is O=C(NC1CC1)c1ccnc(NC2CCS(=O)(=O)C2)n1. The van der Waals surface area contributed by atoms with Gasteiger partial charge in [-0.1, -0.05) is 0 Å². The number of aromatic nitrogens is 2. The number of hydrogen-bond donors (Lipinski definition) is 2. The molecular weight excluding hydrogens is 280 g/mol. The van der Waals surface area contributed by atoms with Crippen molar-refractivity contribution in [1.82, 2.24) is 15.3 Å². The molecule has 1 aromatic rings. The Labute approximate surface area is 117 Å². The molecule has 0 spiro atoms. The Morgan fingerprint density at radius 1 is 1.25 bits per heavy atom. The molecule has 8 heteroatoms. The van der Waals surface area contributed by atoms with Crippen LogP contribution >= 0.6 is 0 Å². The zero-order chi connectivity index (χ0) is 14.2. The molecule has 1 saturated heterocycles. The molecule has 0 bridgehead atoms. The Bertz CT molecular complexity index is 627. The number of nitrogens with zero attached hydrogens (tertiary/aromatic N) is 2. The minimum atomic E-state index is -2.95. The van der Waals surface area contributed by atoms with Crippen molar-refractivity contribution in [2.24, 2.45) is 0 Å². The number of hydrogen-bond acceptors (Lipinski definition) is 6. The predicted octanol–water partition coefficient (Wildman–Crippen LogP) is -0.0322. The lowest BCUT2D eigenvalue weighted by Gasteiger charge is -2.11. The predicted molar refractivity (Wildman–Crippen MR) is 73.2 cm³/mol. The van der Waals surface area contributed by atoms with Crippen molar-refractivity contribution < 1.29 is 13.2 Å². The molecule has 0 radical (unpaired) electrons. The Hall–Kier alpha value is -1.70. The zero-order valence-electron chi connectivity index (χ0n) is 10.9. The summed E-state index contributed by atoms with van der Waals surface area (Å²) in [6.45, 7) is 0. The summed E-state index contributed by atoms with van der Waals surface area (Å²) in [4.78, 5) is 20.0. The van der Waals surface area contributed by atoms with Gasteiger partial charge in [-0.05, 0) is 25.3 Å². The zero-order valence-corrected chi connectivity index (χ0v) is 11.7. The van der Waals surface area contributed by atoms with E-state index in [2.05, 4.69) is 20.6 Å². The van der Waals surface area contributed by atoms with Crippen molar-refractivity contribution >= 4 is 21.7 Å². The van der Waals surface area contributed by atoms with Crippen molar-refractivity contribution in [3.8, 4) is 0 Å². The third-order valence-electron chi connectivity index (χ3n) is 3.37. The number of anilines is 1. The summed E-state index contributed by atoms with van der Waals surface area (Å²) >= 11 is 0. The van der Waals surface area contributed by atoms with Crippen LogP contribution in [-0.2, 0) is 9.84 Å². The highest BCUT2D eigenvalue weighted by molar-refractivity contribution is 7.91. The molecule has 7 nitrogen and oxygen atoms in total. The molecule has 1 saturated carbocycles. The van der Waals surface area contributed by atoms with Gasteiger partial charge >= 0.3 is 0 Å². The number of amides is 1. The van der Waals surface area contributed by atoms with Crippen LogP contribution in [0, 0.1) is 0 Å². The van der Waals surface area contributed by atoms with Crippen LogP contribution in [0.25, 0.3) is 0 Å². The van der Waals surface area contributed by atoms with Gasteiger partial charge in [-0.15, -0.1) is 0 Å². The first kappa shape index (κ1) is 13.3. The fourth-order valence-electron chi connectivity index (χ4n) is 2.13. The van der Waals surface area contributed by atoms with Crippen LogP contribution in [0.15, 0.2) is 12.3 Å². The van der Waals surface area contributed by atoms with Gasteiger partial charge in [0.15, 0.2) is 9.84 Å². The summed E-state index contributed by atoms with van der Waals surface area (Å²) < 4.78 is 22.8. The van der Waals surface area contributed by atoms with Gasteiger partial charge in [0.1, 0.15) is 5.69 Å². The van der Waals surface area contributed by atoms with Gasteiger partial charge in [0.25, 0.3) is 5.91 Å². The van der Waals surface area contributed by atoms with Crippen molar-refractivity contribution in [2.75, 3.05) is 16.8 Å². The maximum absolute atomic E-state index is 11.9. The molecule has 3 rings (SSSR count). The molecule has 0 aromatic carbocycles. The van der Waals surface area contributed by atoms with E-state index in [1.165, 1.54) is 6.20 Å². The largest absolute Gasteiger partial charge is 0.350 e. The summed E-state index contributed by atoms with van der Waals surface area (Å²) in [5, 5.41) is 5.83. The Morgan fingerprint density at radius 3 is 2.70 bits per heavy atom. The summed E-state index contributed by atoms with van der Waals surface area (Å²) in [6.07, 6.45) is 4.08. The van der Waals surface area contributed by atoms with E-state index < -0.39 is 9.84 Å². The molecule has 1 aromatic heterocycles. The first-order valence-electron chi connectivity index (χ1n) is 6.63. The third-order valence-corrected chi connectivity index (χ3v) is 5.13. The Morgan fingerprint density at radius 2 is 2.05 bits per heavy atom. The fraction of sp³-hybridized carbons (Fsp3) is 0.583. The molecule has 1 amide bonds. The van der Waals surface area contributed by atoms with Crippen LogP contribution in [0.2, 0.25) is 0 Å². The van der Waals surface area contributed by atoms with E-state index in [1.807, 2.05) is 0 Å². The fourth-order valence-corrected chi connectivity index (χ4v) is 3.81. The summed E-state index contributed by atoms with van der Waals surface area (Å²) in [7, 11) is -2.95. The highest BCUT2D eigenvalue weighted by atomic mass is 32.2. The van der Waals surface area contributed by atoms with Crippen LogP contribution in [-0.4, -0.2) is 47.9 Å². The van der Waals surface area contributed by atoms with Gasteiger partial charge in [0, 0.05) is 18.3 Å². The molecule has 1 aliphatic carbocycles. The lowest BCUT2D eigenvalue weighted by Crippen LogP contribution is -2.27. The first-order valence-corrected chi connectivity index (χ1v) is 8.45. The first-order chi connectivity index (χ1) is 9.52. The van der Waals surface area contributed by atoms with E-state index in [4.69, 9.17) is 0 Å². The number of carbonyl (C=O) groups is 1. The molecule has 1 atom stereocenters. The maximum atomic E-state index is 11.9. The van der Waals surface area contributed by atoms with E-state index in [1.54, 1.807) is 6.07 Å². The van der Waals surface area contributed by atoms with E-state index in [0.29, 0.717) is 18.1 Å². The van der Waals surface area contributed by atoms with E-state index in [-0.39, 0.29) is 29.5 Å². The molecule has 1 aliphatic heterocycles. The van der Waals surface area contributed by atoms with Crippen molar-refractivity contribution in [2.45, 2.75) is 31.3 Å². The van der Waals surface area contributed by atoms with Gasteiger partial charge < -0.3 is 10.6 Å². The van der Waals surface area contributed by atoms with E-state index in [0.717, 1.165) is 12.8 Å². The van der Waals surface area contributed by atoms with Gasteiger partial charge in [-0.2, -0.15) is 0 Å². The van der Waals surface area contributed by atoms with Gasteiger partial charge in [0.05, 0.1) is 11.5 Å². The monoisotopic (exact) mass is 296 g/mol. The molecule has 108 valence electrons. The highest BCUT2D eigenvalue weighted by Crippen LogP contribution is 2.19. The second-order valence-electron chi connectivity index (χ2n) is 5.26. The minimum Gasteiger partial charge on any atom is -0.350 e. The lowest BCUT2D eigenvalue weighted by molar-refractivity contribution is 0.0946. The average molecular weight is 296 g/mol. The molecular formula is C12H16N4O3S. The lowest BCUT2D eigenvalue weighted by atomic mass is 10.3. The standard InChI is InChI=1S/C12H16N4O3S/c17-11(14-8-1-2-8)10-3-5-13-12(16-10)15-9-4-6-20(18,19)7-9/h3,5,8-9H,1-2,4,6-7H2,(H,14,17)(H,13,15,16). The van der Waals surface area contributed by atoms with Crippen molar-refractivity contribution in [3.05, 3.63) is 18.0 Å². The van der Waals surface area contributed by atoms with Crippen molar-refractivity contribution in [1.29, 1.82) is 0 Å². The maximum Gasteiger partial charge on any atom is 0.270 e. The second kappa shape index (κ2) is 5.01. The molecule has 2 heterocycles. The topological polar surface area (TPSA) is 101 Å². The van der Waals surface area contributed by atoms with Crippen LogP contribution in [0.4, 0.5) is 5.95 Å². The smallest absolute Gasteiger partial charge is 0.270 e. The molecule has 1 unspecified atom stereocenters. The van der Waals surface area contributed by atoms with Crippen LogP contribution in [0.1, 0.15) is 29.8 Å². The average Bonchev–Trinajstić information content (AvgIpc) is 3.14. The summed E-state index contributed by atoms with van der Waals surface area (Å²) in [6, 6.07) is 1.64. The van der Waals surface area contributed by atoms with Crippen LogP contribution in [0.5, 0.6) is 0 Å². The summed E-state index contributed by atoms with van der Waals surface area (Å²) in [5.41, 5.74) is 0.301. The van der Waals surface area contributed by atoms with Gasteiger partial charge in [-0.3, -0.25) is 4.79 Å².